The average Bonchev–Trinajstić information content (AvgIpc) is 2.56. The lowest BCUT2D eigenvalue weighted by Crippen LogP contribution is -2.03. The predicted octanol–water partition coefficient (Wildman–Crippen LogP) is 2.31. The average molecular weight is 226 g/mol. The van der Waals surface area contributed by atoms with Crippen molar-refractivity contribution >= 4 is 17.4 Å². The zero-order valence-electron chi connectivity index (χ0n) is 7.82. The van der Waals surface area contributed by atoms with E-state index in [9.17, 15) is 4.39 Å². The van der Waals surface area contributed by atoms with Gasteiger partial charge in [-0.05, 0) is 18.2 Å². The smallest absolute Gasteiger partial charge is 0.145 e. The third kappa shape index (κ3) is 2.27. The van der Waals surface area contributed by atoms with E-state index in [1.165, 1.54) is 6.07 Å². The maximum absolute atomic E-state index is 13.4. The SMILES string of the molecule is Nc1ccn(Cc2ccc(Cl)cc2F)n1. The third-order valence-corrected chi connectivity index (χ3v) is 2.24. The van der Waals surface area contributed by atoms with Gasteiger partial charge in [0, 0.05) is 16.8 Å². The molecule has 0 fully saturated rings. The molecule has 0 aliphatic carbocycles. The van der Waals surface area contributed by atoms with E-state index in [0.29, 0.717) is 22.9 Å². The highest BCUT2D eigenvalue weighted by Crippen LogP contribution is 2.15. The Morgan fingerprint density at radius 2 is 2.20 bits per heavy atom. The number of rotatable bonds is 2. The van der Waals surface area contributed by atoms with Crippen molar-refractivity contribution in [3.8, 4) is 0 Å². The fourth-order valence-corrected chi connectivity index (χ4v) is 1.45. The molecule has 1 heterocycles. The van der Waals surface area contributed by atoms with E-state index in [-0.39, 0.29) is 5.82 Å². The van der Waals surface area contributed by atoms with Crippen molar-refractivity contribution in [2.24, 2.45) is 0 Å². The number of nitrogen functional groups attached to an aromatic ring is 1. The summed E-state index contributed by atoms with van der Waals surface area (Å²) in [5.41, 5.74) is 5.98. The quantitative estimate of drug-likeness (QED) is 0.853. The number of halogens is 2. The van der Waals surface area contributed by atoms with Gasteiger partial charge in [-0.1, -0.05) is 17.7 Å². The molecule has 15 heavy (non-hydrogen) atoms. The Morgan fingerprint density at radius 3 is 2.80 bits per heavy atom. The molecule has 0 bridgehead atoms. The standard InChI is InChI=1S/C10H9ClFN3/c11-8-2-1-7(9(12)5-8)6-15-4-3-10(13)14-15/h1-5H,6H2,(H2,13,14). The number of nitrogens with two attached hydrogens (primary N) is 1. The van der Waals surface area contributed by atoms with E-state index in [0.717, 1.165) is 0 Å². The van der Waals surface area contributed by atoms with Gasteiger partial charge in [-0.3, -0.25) is 4.68 Å². The van der Waals surface area contributed by atoms with Crippen LogP contribution in [0.3, 0.4) is 0 Å². The zero-order chi connectivity index (χ0) is 10.8. The highest BCUT2D eigenvalue weighted by molar-refractivity contribution is 6.30. The van der Waals surface area contributed by atoms with E-state index in [1.807, 2.05) is 0 Å². The molecule has 0 saturated heterocycles. The Labute approximate surface area is 91.3 Å². The van der Waals surface area contributed by atoms with Crippen molar-refractivity contribution in [2.75, 3.05) is 5.73 Å². The van der Waals surface area contributed by atoms with Crippen molar-refractivity contribution in [1.29, 1.82) is 0 Å². The molecule has 0 radical (unpaired) electrons. The molecule has 2 rings (SSSR count). The number of benzene rings is 1. The first-order valence-corrected chi connectivity index (χ1v) is 4.76. The van der Waals surface area contributed by atoms with E-state index >= 15 is 0 Å². The van der Waals surface area contributed by atoms with Gasteiger partial charge in [-0.25, -0.2) is 4.39 Å². The minimum Gasteiger partial charge on any atom is -0.382 e. The normalized spacial score (nSPS) is 10.5. The van der Waals surface area contributed by atoms with Crippen LogP contribution < -0.4 is 5.73 Å². The van der Waals surface area contributed by atoms with E-state index in [4.69, 9.17) is 17.3 Å². The largest absolute Gasteiger partial charge is 0.382 e. The minimum atomic E-state index is -0.337. The molecule has 0 aliphatic heterocycles. The van der Waals surface area contributed by atoms with Crippen molar-refractivity contribution in [2.45, 2.75) is 6.54 Å². The molecule has 0 saturated carbocycles. The van der Waals surface area contributed by atoms with Crippen LogP contribution in [0.5, 0.6) is 0 Å². The number of nitrogens with zero attached hydrogens (tertiary/aromatic N) is 2. The molecule has 5 heteroatoms. The van der Waals surface area contributed by atoms with Gasteiger partial charge >= 0.3 is 0 Å². The summed E-state index contributed by atoms with van der Waals surface area (Å²) in [4.78, 5) is 0. The first-order chi connectivity index (χ1) is 7.15. The lowest BCUT2D eigenvalue weighted by Gasteiger charge is -2.03. The monoisotopic (exact) mass is 225 g/mol. The van der Waals surface area contributed by atoms with E-state index in [1.54, 1.807) is 29.1 Å². The van der Waals surface area contributed by atoms with Crippen molar-refractivity contribution in [3.63, 3.8) is 0 Å². The number of aromatic nitrogens is 2. The van der Waals surface area contributed by atoms with Gasteiger partial charge in [0.15, 0.2) is 0 Å². The maximum atomic E-state index is 13.4. The summed E-state index contributed by atoms with van der Waals surface area (Å²) in [6.45, 7) is 0.347. The van der Waals surface area contributed by atoms with Crippen LogP contribution in [0.15, 0.2) is 30.5 Å². The van der Waals surface area contributed by atoms with Gasteiger partial charge in [0.2, 0.25) is 0 Å². The highest BCUT2D eigenvalue weighted by Gasteiger charge is 2.04. The Hall–Kier alpha value is -1.55. The fraction of sp³-hybridized carbons (Fsp3) is 0.100. The second-order valence-corrected chi connectivity index (χ2v) is 3.61. The van der Waals surface area contributed by atoms with Gasteiger partial charge in [-0.2, -0.15) is 5.10 Å². The molecule has 78 valence electrons. The molecule has 1 aromatic carbocycles. The zero-order valence-corrected chi connectivity index (χ0v) is 8.58. The van der Waals surface area contributed by atoms with Gasteiger partial charge in [0.05, 0.1) is 6.54 Å². The van der Waals surface area contributed by atoms with Crippen LogP contribution in [0.1, 0.15) is 5.56 Å². The van der Waals surface area contributed by atoms with Gasteiger partial charge in [0.1, 0.15) is 11.6 Å². The molecule has 0 atom stereocenters. The molecular formula is C10H9ClFN3. The van der Waals surface area contributed by atoms with Crippen molar-refractivity contribution in [3.05, 3.63) is 46.9 Å². The minimum absolute atomic E-state index is 0.337. The van der Waals surface area contributed by atoms with Crippen LogP contribution in [0.2, 0.25) is 5.02 Å². The first-order valence-electron chi connectivity index (χ1n) is 4.38. The Bertz CT molecular complexity index is 481. The lowest BCUT2D eigenvalue weighted by atomic mass is 10.2. The van der Waals surface area contributed by atoms with Crippen LogP contribution in [0, 0.1) is 5.82 Å². The molecule has 0 aliphatic rings. The van der Waals surface area contributed by atoms with Crippen LogP contribution in [0.4, 0.5) is 10.2 Å². The third-order valence-electron chi connectivity index (χ3n) is 2.01. The predicted molar refractivity (Wildman–Crippen MR) is 57.2 cm³/mol. The first kappa shape index (κ1) is 9.98. The Morgan fingerprint density at radius 1 is 1.40 bits per heavy atom. The summed E-state index contributed by atoms with van der Waals surface area (Å²) in [6.07, 6.45) is 1.70. The fourth-order valence-electron chi connectivity index (χ4n) is 1.29. The summed E-state index contributed by atoms with van der Waals surface area (Å²) in [7, 11) is 0. The number of hydrogen-bond acceptors (Lipinski definition) is 2. The van der Waals surface area contributed by atoms with E-state index in [2.05, 4.69) is 5.10 Å². The van der Waals surface area contributed by atoms with Gasteiger partial charge in [0.25, 0.3) is 0 Å². The molecule has 2 aromatic rings. The lowest BCUT2D eigenvalue weighted by molar-refractivity contribution is 0.586. The molecule has 0 unspecified atom stereocenters. The Kier molecular flexibility index (Phi) is 2.60. The topological polar surface area (TPSA) is 43.8 Å². The van der Waals surface area contributed by atoms with Gasteiger partial charge in [-0.15, -0.1) is 0 Å². The van der Waals surface area contributed by atoms with Crippen LogP contribution >= 0.6 is 11.6 Å². The van der Waals surface area contributed by atoms with Crippen LogP contribution in [-0.4, -0.2) is 9.78 Å². The summed E-state index contributed by atoms with van der Waals surface area (Å²) < 4.78 is 15.0. The Balaban J connectivity index is 2.24. The molecular weight excluding hydrogens is 217 g/mol. The van der Waals surface area contributed by atoms with Crippen molar-refractivity contribution < 1.29 is 4.39 Å². The molecule has 0 spiro atoms. The molecule has 0 amide bonds. The molecule has 1 aromatic heterocycles. The van der Waals surface area contributed by atoms with Gasteiger partial charge < -0.3 is 5.73 Å². The highest BCUT2D eigenvalue weighted by atomic mass is 35.5. The number of anilines is 1. The maximum Gasteiger partial charge on any atom is 0.145 e. The summed E-state index contributed by atoms with van der Waals surface area (Å²) >= 11 is 5.64. The molecule has 3 nitrogen and oxygen atoms in total. The molecule has 2 N–H and O–H groups in total. The number of hydrogen-bond donors (Lipinski definition) is 1. The van der Waals surface area contributed by atoms with Crippen LogP contribution in [-0.2, 0) is 6.54 Å². The van der Waals surface area contributed by atoms with Crippen LogP contribution in [0.25, 0.3) is 0 Å². The van der Waals surface area contributed by atoms with E-state index < -0.39 is 0 Å². The second-order valence-electron chi connectivity index (χ2n) is 3.17. The van der Waals surface area contributed by atoms with Crippen molar-refractivity contribution in [1.82, 2.24) is 9.78 Å². The second kappa shape index (κ2) is 3.90. The summed E-state index contributed by atoms with van der Waals surface area (Å²) in [5.74, 6) is 0.0842. The summed E-state index contributed by atoms with van der Waals surface area (Å²) in [6, 6.07) is 6.22. The summed E-state index contributed by atoms with van der Waals surface area (Å²) in [5, 5.41) is 4.35.